The monoisotopic (exact) mass is 400 g/mol. The van der Waals surface area contributed by atoms with Crippen LogP contribution in [-0.2, 0) is 9.59 Å². The number of hydrogen-bond donors (Lipinski definition) is 2. The van der Waals surface area contributed by atoms with Gasteiger partial charge in [0.25, 0.3) is 5.91 Å². The van der Waals surface area contributed by atoms with Crippen molar-refractivity contribution < 1.29 is 14.4 Å². The molecule has 0 bridgehead atoms. The van der Waals surface area contributed by atoms with Crippen LogP contribution in [-0.4, -0.2) is 39.8 Å². The number of hydrogen-bond acceptors (Lipinski definition) is 5. The molecule has 1 saturated carbocycles. The van der Waals surface area contributed by atoms with Crippen LogP contribution in [0.2, 0.25) is 0 Å². The number of urea groups is 1. The maximum Gasteiger partial charge on any atom is 0.325 e. The molecule has 2 fully saturated rings. The summed E-state index contributed by atoms with van der Waals surface area (Å²) < 4.78 is 0.963. The first-order chi connectivity index (χ1) is 13.2. The lowest BCUT2D eigenvalue weighted by molar-refractivity contribution is -0.136. The summed E-state index contributed by atoms with van der Waals surface area (Å²) in [5.41, 5.74) is -0.135. The van der Waals surface area contributed by atoms with Crippen molar-refractivity contribution in [1.29, 1.82) is 0 Å². The lowest BCUT2D eigenvalue weighted by Crippen LogP contribution is -2.54. The summed E-state index contributed by atoms with van der Waals surface area (Å²) in [5, 5.41) is 6.06. The van der Waals surface area contributed by atoms with E-state index in [2.05, 4.69) is 36.4 Å². The van der Waals surface area contributed by atoms with E-state index >= 15 is 0 Å². The Morgan fingerprint density at radius 1 is 1.32 bits per heavy atom. The molecule has 7 nitrogen and oxygen atoms in total. The largest absolute Gasteiger partial charge is 0.325 e. The summed E-state index contributed by atoms with van der Waals surface area (Å²) in [6.45, 7) is 6.03. The third kappa shape index (κ3) is 3.37. The Morgan fingerprint density at radius 3 is 2.79 bits per heavy atom. The van der Waals surface area contributed by atoms with E-state index in [-0.39, 0.29) is 17.9 Å². The normalized spacial score (nSPS) is 26.7. The number of amides is 4. The molecule has 1 aliphatic heterocycles. The van der Waals surface area contributed by atoms with Gasteiger partial charge in [0.2, 0.25) is 5.91 Å². The minimum atomic E-state index is -0.894. The van der Waals surface area contributed by atoms with E-state index in [9.17, 15) is 14.4 Å². The minimum Gasteiger partial charge on any atom is -0.323 e. The summed E-state index contributed by atoms with van der Waals surface area (Å²) in [5.74, 6) is -0.399. The summed E-state index contributed by atoms with van der Waals surface area (Å²) in [6.07, 6.45) is 2.21. The van der Waals surface area contributed by atoms with Gasteiger partial charge in [0.05, 0.1) is 10.2 Å². The number of carbonyl (C=O) groups is 3. The van der Waals surface area contributed by atoms with E-state index in [1.54, 1.807) is 0 Å². The first kappa shape index (κ1) is 18.9. The molecule has 2 N–H and O–H groups in total. The SMILES string of the molecule is C[C@@H]1CC(C)(C)C[C@@]2(C1)NC(=O)N(CC(=O)Nc1nc3ccccc3s1)C2=O. The summed E-state index contributed by atoms with van der Waals surface area (Å²) in [4.78, 5) is 43.5. The zero-order chi connectivity index (χ0) is 20.1. The van der Waals surface area contributed by atoms with Gasteiger partial charge in [0.15, 0.2) is 5.13 Å². The van der Waals surface area contributed by atoms with Crippen molar-refractivity contribution in [3.05, 3.63) is 24.3 Å². The highest BCUT2D eigenvalue weighted by Gasteiger charge is 2.56. The number of aromatic nitrogens is 1. The highest BCUT2D eigenvalue weighted by molar-refractivity contribution is 7.22. The predicted octanol–water partition coefficient (Wildman–Crippen LogP) is 3.37. The number of rotatable bonds is 3. The summed E-state index contributed by atoms with van der Waals surface area (Å²) in [7, 11) is 0. The molecule has 4 amide bonds. The highest BCUT2D eigenvalue weighted by Crippen LogP contribution is 2.46. The van der Waals surface area contributed by atoms with Crippen LogP contribution >= 0.6 is 11.3 Å². The van der Waals surface area contributed by atoms with Crippen LogP contribution in [0.3, 0.4) is 0 Å². The van der Waals surface area contributed by atoms with Gasteiger partial charge in [-0.2, -0.15) is 0 Å². The molecular weight excluding hydrogens is 376 g/mol. The summed E-state index contributed by atoms with van der Waals surface area (Å²) >= 11 is 1.36. The number of anilines is 1. The Morgan fingerprint density at radius 2 is 2.07 bits per heavy atom. The van der Waals surface area contributed by atoms with Crippen molar-refractivity contribution in [2.75, 3.05) is 11.9 Å². The molecule has 2 atom stereocenters. The van der Waals surface area contributed by atoms with Gasteiger partial charge in [-0.05, 0) is 42.7 Å². The Hall–Kier alpha value is -2.48. The van der Waals surface area contributed by atoms with Crippen molar-refractivity contribution >= 4 is 44.5 Å². The topological polar surface area (TPSA) is 91.4 Å². The second-order valence-corrected chi connectivity index (χ2v) is 9.82. The fourth-order valence-corrected chi connectivity index (χ4v) is 5.76. The number of fused-ring (bicyclic) bond motifs is 1. The first-order valence-electron chi connectivity index (χ1n) is 9.47. The number of para-hydroxylation sites is 1. The van der Waals surface area contributed by atoms with Crippen molar-refractivity contribution in [3.63, 3.8) is 0 Å². The molecule has 1 aliphatic carbocycles. The maximum absolute atomic E-state index is 13.1. The van der Waals surface area contributed by atoms with Crippen molar-refractivity contribution in [1.82, 2.24) is 15.2 Å². The molecule has 1 spiro atoms. The van der Waals surface area contributed by atoms with E-state index < -0.39 is 17.5 Å². The van der Waals surface area contributed by atoms with Crippen LogP contribution in [0.15, 0.2) is 24.3 Å². The third-order valence-corrected chi connectivity index (χ3v) is 6.42. The number of carbonyl (C=O) groups excluding carboxylic acids is 3. The molecular formula is C20H24N4O3S. The van der Waals surface area contributed by atoms with Crippen molar-refractivity contribution in [2.45, 2.75) is 45.6 Å². The fourth-order valence-electron chi connectivity index (χ4n) is 4.88. The molecule has 1 aromatic carbocycles. The van der Waals surface area contributed by atoms with Crippen LogP contribution in [0.25, 0.3) is 10.2 Å². The van der Waals surface area contributed by atoms with Crippen LogP contribution in [0, 0.1) is 11.3 Å². The molecule has 8 heteroatoms. The van der Waals surface area contributed by atoms with Gasteiger partial charge in [0.1, 0.15) is 12.1 Å². The van der Waals surface area contributed by atoms with Crippen molar-refractivity contribution in [2.24, 2.45) is 11.3 Å². The lowest BCUT2D eigenvalue weighted by atomic mass is 9.64. The standard InChI is InChI=1S/C20H24N4O3S/c1-12-8-19(2,3)11-20(9-12)16(26)24(18(27)23-20)10-15(25)22-17-21-13-6-4-5-7-14(13)28-17/h4-7,12H,8-11H2,1-3H3,(H,23,27)(H,21,22,25)/t12-,20-/m1/s1. The molecule has 2 aliphatic rings. The zero-order valence-corrected chi connectivity index (χ0v) is 17.1. The fraction of sp³-hybridized carbons (Fsp3) is 0.500. The average Bonchev–Trinajstić information content (AvgIpc) is 3.07. The molecule has 1 aromatic heterocycles. The average molecular weight is 401 g/mol. The zero-order valence-electron chi connectivity index (χ0n) is 16.2. The number of nitrogens with zero attached hydrogens (tertiary/aromatic N) is 2. The van der Waals surface area contributed by atoms with Gasteiger partial charge in [-0.25, -0.2) is 9.78 Å². The quantitative estimate of drug-likeness (QED) is 0.773. The van der Waals surface area contributed by atoms with Crippen LogP contribution in [0.1, 0.15) is 40.0 Å². The maximum atomic E-state index is 13.1. The van der Waals surface area contributed by atoms with Crippen LogP contribution in [0.4, 0.5) is 9.93 Å². The molecule has 0 unspecified atom stereocenters. The second kappa shape index (κ2) is 6.55. The number of benzene rings is 1. The van der Waals surface area contributed by atoms with Gasteiger partial charge in [-0.15, -0.1) is 0 Å². The first-order valence-corrected chi connectivity index (χ1v) is 10.3. The van der Waals surface area contributed by atoms with E-state index in [0.29, 0.717) is 23.9 Å². The molecule has 2 aromatic rings. The van der Waals surface area contributed by atoms with E-state index in [4.69, 9.17) is 0 Å². The van der Waals surface area contributed by atoms with Gasteiger partial charge < -0.3 is 10.6 Å². The highest BCUT2D eigenvalue weighted by atomic mass is 32.1. The van der Waals surface area contributed by atoms with E-state index in [0.717, 1.165) is 21.5 Å². The third-order valence-electron chi connectivity index (χ3n) is 5.47. The van der Waals surface area contributed by atoms with Gasteiger partial charge >= 0.3 is 6.03 Å². The van der Waals surface area contributed by atoms with Crippen LogP contribution in [0.5, 0.6) is 0 Å². The van der Waals surface area contributed by atoms with E-state index in [1.807, 2.05) is 24.3 Å². The Labute approximate surface area is 167 Å². The minimum absolute atomic E-state index is 0.0418. The van der Waals surface area contributed by atoms with Gasteiger partial charge in [-0.3, -0.25) is 14.5 Å². The Kier molecular flexibility index (Phi) is 4.41. The molecule has 0 radical (unpaired) electrons. The predicted molar refractivity (Wildman–Crippen MR) is 108 cm³/mol. The van der Waals surface area contributed by atoms with Gasteiger partial charge in [-0.1, -0.05) is 44.2 Å². The van der Waals surface area contributed by atoms with E-state index in [1.165, 1.54) is 11.3 Å². The number of thiazole rings is 1. The van der Waals surface area contributed by atoms with Gasteiger partial charge in [0, 0.05) is 0 Å². The Bertz CT molecular complexity index is 936. The number of imide groups is 1. The molecule has 4 rings (SSSR count). The smallest absolute Gasteiger partial charge is 0.323 e. The van der Waals surface area contributed by atoms with Crippen molar-refractivity contribution in [3.8, 4) is 0 Å². The molecule has 148 valence electrons. The molecule has 1 saturated heterocycles. The lowest BCUT2D eigenvalue weighted by Gasteiger charge is -2.43. The van der Waals surface area contributed by atoms with Crippen LogP contribution < -0.4 is 10.6 Å². The summed E-state index contributed by atoms with van der Waals surface area (Å²) in [6, 6.07) is 7.09. The molecule has 2 heterocycles. The molecule has 28 heavy (non-hydrogen) atoms. The Balaban J connectivity index is 1.47. The number of nitrogens with one attached hydrogen (secondary N) is 2. The second-order valence-electron chi connectivity index (χ2n) is 8.79.